The normalized spacial score (nSPS) is 10.7. The first-order valence-corrected chi connectivity index (χ1v) is 6.53. The van der Waals surface area contributed by atoms with Gasteiger partial charge in [-0.25, -0.2) is 0 Å². The molecule has 0 spiro atoms. The van der Waals surface area contributed by atoms with Crippen molar-refractivity contribution >= 4 is 17.4 Å². The number of halogens is 1. The maximum Gasteiger partial charge on any atom is 0.129 e. The number of nitrogens with two attached hydrogens (primary N) is 1. The van der Waals surface area contributed by atoms with Crippen molar-refractivity contribution in [3.8, 4) is 22.4 Å². The van der Waals surface area contributed by atoms with E-state index in [-0.39, 0.29) is 0 Å². The number of aromatic nitrogens is 3. The molecule has 0 bridgehead atoms. The van der Waals surface area contributed by atoms with Crippen LogP contribution in [-0.2, 0) is 7.05 Å². The van der Waals surface area contributed by atoms with Crippen molar-refractivity contribution in [1.29, 1.82) is 0 Å². The van der Waals surface area contributed by atoms with E-state index in [1.165, 1.54) is 0 Å². The molecular formula is C15H13ClN4. The summed E-state index contributed by atoms with van der Waals surface area (Å²) in [6.07, 6.45) is 3.52. The van der Waals surface area contributed by atoms with E-state index < -0.39 is 0 Å². The molecule has 0 radical (unpaired) electrons. The minimum atomic E-state index is 0.614. The smallest absolute Gasteiger partial charge is 0.129 e. The van der Waals surface area contributed by atoms with Crippen LogP contribution in [0.4, 0.5) is 5.82 Å². The Morgan fingerprint density at radius 2 is 1.85 bits per heavy atom. The van der Waals surface area contributed by atoms with Gasteiger partial charge in [-0.15, -0.1) is 0 Å². The van der Waals surface area contributed by atoms with Crippen LogP contribution in [-0.4, -0.2) is 14.8 Å². The lowest BCUT2D eigenvalue weighted by Crippen LogP contribution is -1.98. The zero-order valence-corrected chi connectivity index (χ0v) is 11.7. The van der Waals surface area contributed by atoms with Gasteiger partial charge in [0.1, 0.15) is 11.5 Å². The van der Waals surface area contributed by atoms with Gasteiger partial charge in [0.05, 0.1) is 5.56 Å². The average Bonchev–Trinajstić information content (AvgIpc) is 2.77. The number of hydrogen-bond acceptors (Lipinski definition) is 3. The lowest BCUT2D eigenvalue weighted by molar-refractivity contribution is 0.782. The Morgan fingerprint density at radius 3 is 2.50 bits per heavy atom. The maximum atomic E-state index is 6.15. The molecule has 0 aliphatic carbocycles. The topological polar surface area (TPSA) is 56.7 Å². The second kappa shape index (κ2) is 4.98. The van der Waals surface area contributed by atoms with E-state index in [4.69, 9.17) is 17.3 Å². The number of benzene rings is 1. The van der Waals surface area contributed by atoms with E-state index in [1.54, 1.807) is 17.1 Å². The number of hydrogen-bond donors (Lipinski definition) is 1. The highest BCUT2D eigenvalue weighted by Gasteiger charge is 2.17. The Bertz CT molecular complexity index is 733. The number of anilines is 1. The molecule has 0 saturated heterocycles. The molecule has 3 aromatic rings. The Kier molecular flexibility index (Phi) is 3.16. The molecule has 0 fully saturated rings. The fourth-order valence-corrected chi connectivity index (χ4v) is 2.27. The van der Waals surface area contributed by atoms with E-state index in [0.717, 1.165) is 22.4 Å². The number of pyridine rings is 1. The number of aryl methyl sites for hydroxylation is 1. The van der Waals surface area contributed by atoms with Crippen LogP contribution in [0.1, 0.15) is 0 Å². The first kappa shape index (κ1) is 12.7. The fourth-order valence-electron chi connectivity index (χ4n) is 2.14. The van der Waals surface area contributed by atoms with Crippen molar-refractivity contribution in [1.82, 2.24) is 14.8 Å². The summed E-state index contributed by atoms with van der Waals surface area (Å²) in [5.74, 6) is 0.614. The third-order valence-electron chi connectivity index (χ3n) is 3.16. The third-order valence-corrected chi connectivity index (χ3v) is 3.41. The second-order valence-corrected chi connectivity index (χ2v) is 4.92. The lowest BCUT2D eigenvalue weighted by atomic mass is 10.0. The van der Waals surface area contributed by atoms with Crippen LogP contribution in [0.25, 0.3) is 22.4 Å². The van der Waals surface area contributed by atoms with E-state index in [9.17, 15) is 0 Å². The maximum absolute atomic E-state index is 6.15. The Morgan fingerprint density at radius 1 is 1.10 bits per heavy atom. The zero-order valence-electron chi connectivity index (χ0n) is 10.9. The minimum Gasteiger partial charge on any atom is -0.383 e. The van der Waals surface area contributed by atoms with Crippen LogP contribution in [0.2, 0.25) is 5.02 Å². The summed E-state index contributed by atoms with van der Waals surface area (Å²) in [7, 11) is 1.83. The van der Waals surface area contributed by atoms with E-state index >= 15 is 0 Å². The van der Waals surface area contributed by atoms with Crippen LogP contribution in [0.5, 0.6) is 0 Å². The third kappa shape index (κ3) is 2.14. The highest BCUT2D eigenvalue weighted by molar-refractivity contribution is 6.30. The van der Waals surface area contributed by atoms with Gasteiger partial charge in [-0.3, -0.25) is 9.67 Å². The Hall–Kier alpha value is -2.33. The molecule has 0 amide bonds. The molecule has 2 N–H and O–H groups in total. The van der Waals surface area contributed by atoms with E-state index in [1.807, 2.05) is 43.4 Å². The molecule has 2 aromatic heterocycles. The van der Waals surface area contributed by atoms with Crippen molar-refractivity contribution in [2.45, 2.75) is 0 Å². The van der Waals surface area contributed by atoms with Gasteiger partial charge in [-0.1, -0.05) is 29.8 Å². The second-order valence-electron chi connectivity index (χ2n) is 4.48. The minimum absolute atomic E-state index is 0.614. The zero-order chi connectivity index (χ0) is 14.1. The van der Waals surface area contributed by atoms with Gasteiger partial charge < -0.3 is 5.73 Å². The average molecular weight is 285 g/mol. The SMILES string of the molecule is Cn1nc(-c2ccc(Cl)cc2)c(-c2cccnc2)c1N. The summed E-state index contributed by atoms with van der Waals surface area (Å²) in [6.45, 7) is 0. The molecule has 0 unspecified atom stereocenters. The standard InChI is InChI=1S/C15H13ClN4/c1-20-15(17)13(11-3-2-8-18-9-11)14(19-20)10-4-6-12(16)7-5-10/h2-9H,17H2,1H3. The molecular weight excluding hydrogens is 272 g/mol. The molecule has 3 rings (SSSR count). The van der Waals surface area contributed by atoms with Crippen molar-refractivity contribution in [2.75, 3.05) is 5.73 Å². The number of nitrogen functional groups attached to an aromatic ring is 1. The molecule has 20 heavy (non-hydrogen) atoms. The summed E-state index contributed by atoms with van der Waals surface area (Å²) >= 11 is 5.93. The fraction of sp³-hybridized carbons (Fsp3) is 0.0667. The molecule has 100 valence electrons. The van der Waals surface area contributed by atoms with Crippen molar-refractivity contribution in [2.24, 2.45) is 7.05 Å². The van der Waals surface area contributed by atoms with Gasteiger partial charge in [0.2, 0.25) is 0 Å². The van der Waals surface area contributed by atoms with Crippen molar-refractivity contribution in [3.05, 3.63) is 53.8 Å². The summed E-state index contributed by atoms with van der Waals surface area (Å²) in [5, 5.41) is 5.20. The van der Waals surface area contributed by atoms with Gasteiger partial charge in [-0.2, -0.15) is 5.10 Å². The summed E-state index contributed by atoms with van der Waals surface area (Å²) < 4.78 is 1.67. The lowest BCUT2D eigenvalue weighted by Gasteiger charge is -2.04. The van der Waals surface area contributed by atoms with Crippen molar-refractivity contribution in [3.63, 3.8) is 0 Å². The van der Waals surface area contributed by atoms with Gasteiger partial charge in [-0.05, 0) is 18.2 Å². The molecule has 0 atom stereocenters. The highest BCUT2D eigenvalue weighted by atomic mass is 35.5. The number of rotatable bonds is 2. The predicted octanol–water partition coefficient (Wildman–Crippen LogP) is 3.38. The van der Waals surface area contributed by atoms with Crippen LogP contribution in [0, 0.1) is 0 Å². The van der Waals surface area contributed by atoms with Gasteiger partial charge in [0, 0.05) is 35.6 Å². The van der Waals surface area contributed by atoms with Crippen LogP contribution in [0.15, 0.2) is 48.8 Å². The van der Waals surface area contributed by atoms with Crippen molar-refractivity contribution < 1.29 is 0 Å². The Balaban J connectivity index is 2.22. The summed E-state index contributed by atoms with van der Waals surface area (Å²) in [4.78, 5) is 4.15. The first-order chi connectivity index (χ1) is 9.66. The first-order valence-electron chi connectivity index (χ1n) is 6.15. The highest BCUT2D eigenvalue weighted by Crippen LogP contribution is 2.35. The molecule has 2 heterocycles. The number of nitrogens with zero attached hydrogens (tertiary/aromatic N) is 3. The molecule has 5 heteroatoms. The van der Waals surface area contributed by atoms with Gasteiger partial charge in [0.25, 0.3) is 0 Å². The van der Waals surface area contributed by atoms with Gasteiger partial charge >= 0.3 is 0 Å². The van der Waals surface area contributed by atoms with Crippen LogP contribution in [0.3, 0.4) is 0 Å². The van der Waals surface area contributed by atoms with Gasteiger partial charge in [0.15, 0.2) is 0 Å². The summed E-state index contributed by atoms with van der Waals surface area (Å²) in [5.41, 5.74) is 9.79. The van der Waals surface area contributed by atoms with Crippen LogP contribution < -0.4 is 5.73 Å². The monoisotopic (exact) mass is 284 g/mol. The van der Waals surface area contributed by atoms with E-state index in [2.05, 4.69) is 10.1 Å². The quantitative estimate of drug-likeness (QED) is 0.785. The van der Waals surface area contributed by atoms with Crippen LogP contribution >= 0.6 is 11.6 Å². The molecule has 0 aliphatic rings. The molecule has 4 nitrogen and oxygen atoms in total. The largest absolute Gasteiger partial charge is 0.383 e. The molecule has 0 saturated carbocycles. The van der Waals surface area contributed by atoms with E-state index in [0.29, 0.717) is 10.8 Å². The predicted molar refractivity (Wildman–Crippen MR) is 81.3 cm³/mol. The summed E-state index contributed by atoms with van der Waals surface area (Å²) in [6, 6.07) is 11.4. The molecule has 1 aromatic carbocycles. The Labute approximate surface area is 121 Å². The molecule has 0 aliphatic heterocycles.